The molecule has 2 atom stereocenters. The predicted octanol–water partition coefficient (Wildman–Crippen LogP) is 2.86. The van der Waals surface area contributed by atoms with Gasteiger partial charge in [-0.2, -0.15) is 5.10 Å². The van der Waals surface area contributed by atoms with Gasteiger partial charge in [-0.15, -0.1) is 0 Å². The van der Waals surface area contributed by atoms with Crippen LogP contribution in [0.2, 0.25) is 0 Å². The van der Waals surface area contributed by atoms with Crippen LogP contribution in [0, 0.1) is 5.92 Å². The standard InChI is InChI=1S/C17H25N3O2S2/c1-12-6-4-5-7-16(12)18-17(23)20-19-13(2)14-8-10-15(11-9-14)24(3,21)22/h8-12,16H,4-7H2,1-3H3,(H2,18,20,23)/b19-13-/t12-,16+/m1/s1. The number of hydrogen-bond acceptors (Lipinski definition) is 4. The number of sulfone groups is 1. The minimum Gasteiger partial charge on any atom is -0.358 e. The highest BCUT2D eigenvalue weighted by atomic mass is 32.2. The Kier molecular flexibility index (Phi) is 6.34. The number of thiocarbonyl (C=S) groups is 1. The van der Waals surface area contributed by atoms with Crippen LogP contribution in [0.5, 0.6) is 0 Å². The molecular weight excluding hydrogens is 342 g/mol. The largest absolute Gasteiger partial charge is 0.358 e. The third kappa shape index (κ3) is 5.27. The van der Waals surface area contributed by atoms with Crippen molar-refractivity contribution in [1.29, 1.82) is 0 Å². The van der Waals surface area contributed by atoms with E-state index >= 15 is 0 Å². The predicted molar refractivity (Wildman–Crippen MR) is 102 cm³/mol. The highest BCUT2D eigenvalue weighted by molar-refractivity contribution is 7.90. The molecule has 0 bridgehead atoms. The average Bonchev–Trinajstić information content (AvgIpc) is 2.54. The maximum Gasteiger partial charge on any atom is 0.187 e. The second-order valence-electron chi connectivity index (χ2n) is 6.45. The minimum atomic E-state index is -3.18. The monoisotopic (exact) mass is 367 g/mol. The summed E-state index contributed by atoms with van der Waals surface area (Å²) in [4.78, 5) is 0.301. The van der Waals surface area contributed by atoms with E-state index in [1.165, 1.54) is 25.5 Å². The van der Waals surface area contributed by atoms with Gasteiger partial charge in [0.05, 0.1) is 10.6 Å². The van der Waals surface area contributed by atoms with E-state index in [9.17, 15) is 8.42 Å². The highest BCUT2D eigenvalue weighted by Crippen LogP contribution is 2.23. The van der Waals surface area contributed by atoms with Gasteiger partial charge in [0.2, 0.25) is 0 Å². The Bertz CT molecular complexity index is 712. The van der Waals surface area contributed by atoms with E-state index in [1.807, 2.05) is 6.92 Å². The molecule has 0 spiro atoms. The first-order valence-corrected chi connectivity index (χ1v) is 10.5. The van der Waals surface area contributed by atoms with Crippen LogP contribution < -0.4 is 10.7 Å². The molecule has 0 radical (unpaired) electrons. The second-order valence-corrected chi connectivity index (χ2v) is 8.87. The van der Waals surface area contributed by atoms with Gasteiger partial charge in [0, 0.05) is 12.3 Å². The fourth-order valence-electron chi connectivity index (χ4n) is 2.87. The lowest BCUT2D eigenvalue weighted by Crippen LogP contribution is -2.44. The van der Waals surface area contributed by atoms with Crippen molar-refractivity contribution in [1.82, 2.24) is 10.7 Å². The van der Waals surface area contributed by atoms with Crippen LogP contribution in [0.4, 0.5) is 0 Å². The van der Waals surface area contributed by atoms with Crippen molar-refractivity contribution in [2.24, 2.45) is 11.0 Å². The smallest absolute Gasteiger partial charge is 0.187 e. The number of hydrazone groups is 1. The van der Waals surface area contributed by atoms with E-state index in [1.54, 1.807) is 24.3 Å². The molecule has 0 saturated heterocycles. The van der Waals surface area contributed by atoms with Crippen molar-refractivity contribution in [3.63, 3.8) is 0 Å². The third-order valence-corrected chi connectivity index (χ3v) is 5.79. The third-order valence-electron chi connectivity index (χ3n) is 4.45. The Hall–Kier alpha value is -1.47. The number of benzene rings is 1. The summed E-state index contributed by atoms with van der Waals surface area (Å²) in [5, 5.41) is 8.16. The first-order valence-electron chi connectivity index (χ1n) is 8.18. The number of nitrogens with zero attached hydrogens (tertiary/aromatic N) is 1. The van der Waals surface area contributed by atoms with E-state index in [2.05, 4.69) is 22.8 Å². The molecule has 2 N–H and O–H groups in total. The number of rotatable bonds is 4. The molecule has 0 unspecified atom stereocenters. The van der Waals surface area contributed by atoms with Crippen molar-refractivity contribution in [2.45, 2.75) is 50.5 Å². The summed E-state index contributed by atoms with van der Waals surface area (Å²) < 4.78 is 23.0. The normalized spacial score (nSPS) is 22.0. The van der Waals surface area contributed by atoms with E-state index in [0.717, 1.165) is 17.7 Å². The maximum absolute atomic E-state index is 11.5. The van der Waals surface area contributed by atoms with Gasteiger partial charge in [0.15, 0.2) is 14.9 Å². The molecule has 0 amide bonds. The van der Waals surface area contributed by atoms with Gasteiger partial charge in [-0.25, -0.2) is 8.42 Å². The van der Waals surface area contributed by atoms with Crippen molar-refractivity contribution >= 4 is 32.9 Å². The van der Waals surface area contributed by atoms with E-state index in [-0.39, 0.29) is 0 Å². The summed E-state index contributed by atoms with van der Waals surface area (Å²) in [6.07, 6.45) is 6.09. The average molecular weight is 368 g/mol. The van der Waals surface area contributed by atoms with Crippen molar-refractivity contribution in [2.75, 3.05) is 6.26 Å². The van der Waals surface area contributed by atoms with Gasteiger partial charge in [-0.3, -0.25) is 5.43 Å². The van der Waals surface area contributed by atoms with Crippen LogP contribution in [0.25, 0.3) is 0 Å². The van der Waals surface area contributed by atoms with Crippen LogP contribution in [0.3, 0.4) is 0 Å². The first-order chi connectivity index (χ1) is 11.3. The Labute approximate surface area is 149 Å². The van der Waals surface area contributed by atoms with Crippen LogP contribution in [-0.2, 0) is 9.84 Å². The summed E-state index contributed by atoms with van der Waals surface area (Å²) in [5.41, 5.74) is 4.48. The molecule has 1 fully saturated rings. The molecule has 0 heterocycles. The Morgan fingerprint density at radius 1 is 1.21 bits per heavy atom. The van der Waals surface area contributed by atoms with Gasteiger partial charge >= 0.3 is 0 Å². The van der Waals surface area contributed by atoms with Crippen LogP contribution in [-0.4, -0.2) is 31.5 Å². The molecule has 0 aromatic heterocycles. The number of nitrogens with one attached hydrogen (secondary N) is 2. The van der Waals surface area contributed by atoms with Gasteiger partial charge in [0.25, 0.3) is 0 Å². The van der Waals surface area contributed by atoms with Crippen molar-refractivity contribution in [3.8, 4) is 0 Å². The molecule has 24 heavy (non-hydrogen) atoms. The zero-order valence-electron chi connectivity index (χ0n) is 14.4. The Morgan fingerprint density at radius 2 is 1.83 bits per heavy atom. The summed E-state index contributed by atoms with van der Waals surface area (Å²) in [6.45, 7) is 4.10. The van der Waals surface area contributed by atoms with Gasteiger partial charge in [-0.05, 0) is 55.6 Å². The lowest BCUT2D eigenvalue weighted by molar-refractivity contribution is 0.308. The summed E-state index contributed by atoms with van der Waals surface area (Å²) in [5.74, 6) is 0.618. The topological polar surface area (TPSA) is 70.6 Å². The zero-order valence-corrected chi connectivity index (χ0v) is 16.0. The molecule has 7 heteroatoms. The Morgan fingerprint density at radius 3 is 2.42 bits per heavy atom. The van der Waals surface area contributed by atoms with Crippen molar-refractivity contribution in [3.05, 3.63) is 29.8 Å². The SMILES string of the molecule is C/C(=N/NC(=S)N[C@H]1CCCC[C@H]1C)c1ccc(S(C)(=O)=O)cc1. The molecule has 1 aliphatic carbocycles. The van der Waals surface area contributed by atoms with Crippen LogP contribution in [0.1, 0.15) is 45.1 Å². The van der Waals surface area contributed by atoms with E-state index < -0.39 is 9.84 Å². The zero-order chi connectivity index (χ0) is 17.7. The van der Waals surface area contributed by atoms with Crippen molar-refractivity contribution < 1.29 is 8.42 Å². The first kappa shape index (κ1) is 18.9. The van der Waals surface area contributed by atoms with E-state index in [4.69, 9.17) is 12.2 Å². The molecule has 5 nitrogen and oxygen atoms in total. The quantitative estimate of drug-likeness (QED) is 0.486. The lowest BCUT2D eigenvalue weighted by Gasteiger charge is -2.30. The Balaban J connectivity index is 1.94. The molecule has 132 valence electrons. The summed E-state index contributed by atoms with van der Waals surface area (Å²) >= 11 is 5.32. The fourth-order valence-corrected chi connectivity index (χ4v) is 3.70. The molecule has 1 aromatic carbocycles. The van der Waals surface area contributed by atoms with Crippen LogP contribution in [0.15, 0.2) is 34.3 Å². The van der Waals surface area contributed by atoms with Gasteiger partial charge in [0.1, 0.15) is 0 Å². The molecule has 1 saturated carbocycles. The molecule has 2 rings (SSSR count). The molecular formula is C17H25N3O2S2. The number of hydrogen-bond donors (Lipinski definition) is 2. The minimum absolute atomic E-state index is 0.301. The van der Waals surface area contributed by atoms with Gasteiger partial charge < -0.3 is 5.32 Å². The fraction of sp³-hybridized carbons (Fsp3) is 0.529. The summed E-state index contributed by atoms with van der Waals surface area (Å²) in [6, 6.07) is 7.07. The molecule has 0 aliphatic heterocycles. The van der Waals surface area contributed by atoms with Gasteiger partial charge in [-0.1, -0.05) is 31.9 Å². The summed E-state index contributed by atoms with van der Waals surface area (Å²) in [7, 11) is -3.18. The molecule has 1 aromatic rings. The van der Waals surface area contributed by atoms with Crippen LogP contribution >= 0.6 is 12.2 Å². The highest BCUT2D eigenvalue weighted by Gasteiger charge is 2.21. The lowest BCUT2D eigenvalue weighted by atomic mass is 9.86. The maximum atomic E-state index is 11.5. The second kappa shape index (κ2) is 8.07. The molecule has 1 aliphatic rings. The van der Waals surface area contributed by atoms with E-state index in [0.29, 0.717) is 22.0 Å².